The lowest BCUT2D eigenvalue weighted by Crippen LogP contribution is -2.48. The number of carbonyl (C=O) groups excluding carboxylic acids is 2. The third-order valence-corrected chi connectivity index (χ3v) is 5.39. The molecule has 3 atom stereocenters. The van der Waals surface area contributed by atoms with Gasteiger partial charge in [0.15, 0.2) is 0 Å². The Labute approximate surface area is 123 Å². The van der Waals surface area contributed by atoms with E-state index < -0.39 is 17.4 Å². The zero-order chi connectivity index (χ0) is 15.0. The van der Waals surface area contributed by atoms with Crippen LogP contribution in [0.15, 0.2) is 0 Å². The molecule has 2 aliphatic heterocycles. The number of carboxylic acids is 1. The molecule has 0 radical (unpaired) electrons. The number of fused-ring (bicyclic) bond motifs is 1. The van der Waals surface area contributed by atoms with Crippen molar-refractivity contribution in [2.24, 2.45) is 11.3 Å². The molecule has 0 spiro atoms. The largest absolute Gasteiger partial charge is 0.481 e. The first-order chi connectivity index (χ1) is 10.0. The van der Waals surface area contributed by atoms with Gasteiger partial charge in [0, 0.05) is 19.5 Å². The summed E-state index contributed by atoms with van der Waals surface area (Å²) in [5, 5.41) is 12.3. The first kappa shape index (κ1) is 14.4. The van der Waals surface area contributed by atoms with Gasteiger partial charge in [-0.25, -0.2) is 0 Å². The number of nitrogens with zero attached hydrogens (tertiary/aromatic N) is 1. The van der Waals surface area contributed by atoms with Gasteiger partial charge in [0.2, 0.25) is 11.8 Å². The fourth-order valence-electron chi connectivity index (χ4n) is 4.19. The van der Waals surface area contributed by atoms with Gasteiger partial charge in [-0.15, -0.1) is 0 Å². The lowest BCUT2D eigenvalue weighted by molar-refractivity contribution is -0.149. The molecular formula is C15H22N2O4. The van der Waals surface area contributed by atoms with Gasteiger partial charge in [0.05, 0.1) is 5.41 Å². The molecule has 6 heteroatoms. The molecule has 1 saturated carbocycles. The molecule has 0 aromatic rings. The average Bonchev–Trinajstić information content (AvgIpc) is 2.91. The molecule has 2 heterocycles. The fraction of sp³-hybridized carbons (Fsp3) is 0.800. The monoisotopic (exact) mass is 294 g/mol. The maximum atomic E-state index is 12.6. The lowest BCUT2D eigenvalue weighted by atomic mass is 9.81. The summed E-state index contributed by atoms with van der Waals surface area (Å²) < 4.78 is 0. The summed E-state index contributed by atoms with van der Waals surface area (Å²) >= 11 is 0. The van der Waals surface area contributed by atoms with Crippen LogP contribution in [0.2, 0.25) is 0 Å². The van der Waals surface area contributed by atoms with E-state index in [1.165, 1.54) is 0 Å². The lowest BCUT2D eigenvalue weighted by Gasteiger charge is -2.26. The van der Waals surface area contributed by atoms with Gasteiger partial charge in [-0.1, -0.05) is 12.8 Å². The van der Waals surface area contributed by atoms with Crippen molar-refractivity contribution >= 4 is 17.8 Å². The second-order valence-electron chi connectivity index (χ2n) is 6.64. The summed E-state index contributed by atoms with van der Waals surface area (Å²) in [6, 6.07) is -0.468. The molecule has 3 fully saturated rings. The van der Waals surface area contributed by atoms with Crippen molar-refractivity contribution < 1.29 is 19.5 Å². The van der Waals surface area contributed by atoms with Gasteiger partial charge in [0.1, 0.15) is 6.04 Å². The van der Waals surface area contributed by atoms with Crippen molar-refractivity contribution in [3.8, 4) is 0 Å². The Morgan fingerprint density at radius 3 is 2.76 bits per heavy atom. The van der Waals surface area contributed by atoms with Crippen LogP contribution in [-0.4, -0.2) is 46.9 Å². The van der Waals surface area contributed by atoms with E-state index in [-0.39, 0.29) is 17.7 Å². The van der Waals surface area contributed by atoms with Crippen LogP contribution < -0.4 is 5.32 Å². The van der Waals surface area contributed by atoms with Crippen molar-refractivity contribution in [2.45, 2.75) is 51.0 Å². The third-order valence-electron chi connectivity index (χ3n) is 5.39. The van der Waals surface area contributed by atoms with E-state index >= 15 is 0 Å². The van der Waals surface area contributed by atoms with Crippen molar-refractivity contribution in [1.82, 2.24) is 10.2 Å². The van der Waals surface area contributed by atoms with E-state index in [1.807, 2.05) is 0 Å². The number of hydrogen-bond donors (Lipinski definition) is 2. The summed E-state index contributed by atoms with van der Waals surface area (Å²) in [6.45, 7) is 0.829. The highest BCUT2D eigenvalue weighted by Gasteiger charge is 2.56. The Hall–Kier alpha value is -1.59. The number of aliphatic carboxylic acids is 1. The van der Waals surface area contributed by atoms with Crippen LogP contribution in [0.4, 0.5) is 0 Å². The Bertz CT molecular complexity index is 478. The number of carboxylic acid groups (broad SMARTS) is 1. The zero-order valence-electron chi connectivity index (χ0n) is 12.1. The van der Waals surface area contributed by atoms with Crippen LogP contribution in [0, 0.1) is 11.3 Å². The van der Waals surface area contributed by atoms with E-state index in [4.69, 9.17) is 0 Å². The first-order valence-electron chi connectivity index (χ1n) is 7.84. The molecule has 116 valence electrons. The molecule has 0 aromatic carbocycles. The van der Waals surface area contributed by atoms with Gasteiger partial charge in [-0.3, -0.25) is 14.4 Å². The minimum atomic E-state index is -0.773. The van der Waals surface area contributed by atoms with Gasteiger partial charge < -0.3 is 15.3 Å². The third kappa shape index (κ3) is 2.40. The number of rotatable bonds is 2. The summed E-state index contributed by atoms with van der Waals surface area (Å²) in [5.41, 5.74) is -0.746. The highest BCUT2D eigenvalue weighted by Crippen LogP contribution is 2.49. The molecule has 0 aromatic heterocycles. The highest BCUT2D eigenvalue weighted by atomic mass is 16.4. The van der Waals surface area contributed by atoms with E-state index in [0.717, 1.165) is 25.7 Å². The standard InChI is InChI=1S/C15H22N2O4/c18-12-6-2-1-5-11(16-12)13(19)17-8-10-4-3-7-15(10,9-17)14(20)21/h10-11H,1-9H2,(H,16,18)(H,20,21)/t10-,11?,15+/m0/s1. The molecule has 1 unspecified atom stereocenters. The normalized spacial score (nSPS) is 36.0. The number of nitrogens with one attached hydrogen (secondary N) is 1. The van der Waals surface area contributed by atoms with Crippen molar-refractivity contribution in [3.63, 3.8) is 0 Å². The first-order valence-corrected chi connectivity index (χ1v) is 7.84. The molecule has 2 amide bonds. The number of hydrogen-bond acceptors (Lipinski definition) is 3. The Kier molecular flexibility index (Phi) is 3.63. The Balaban J connectivity index is 1.72. The van der Waals surface area contributed by atoms with Gasteiger partial charge in [0.25, 0.3) is 0 Å². The van der Waals surface area contributed by atoms with Crippen molar-refractivity contribution in [2.75, 3.05) is 13.1 Å². The smallest absolute Gasteiger partial charge is 0.311 e. The molecule has 6 nitrogen and oxygen atoms in total. The maximum Gasteiger partial charge on any atom is 0.311 e. The SMILES string of the molecule is O=C1CCCCC(C(=O)N2C[C@@H]3CCC[C@@]3(C(=O)O)C2)N1. The van der Waals surface area contributed by atoms with Gasteiger partial charge in [-0.05, 0) is 31.6 Å². The Morgan fingerprint density at radius 1 is 1.24 bits per heavy atom. The van der Waals surface area contributed by atoms with Crippen molar-refractivity contribution in [1.29, 1.82) is 0 Å². The van der Waals surface area contributed by atoms with Crippen LogP contribution in [0.5, 0.6) is 0 Å². The maximum absolute atomic E-state index is 12.6. The predicted molar refractivity (Wildman–Crippen MR) is 74.4 cm³/mol. The molecule has 0 bridgehead atoms. The van der Waals surface area contributed by atoms with Crippen LogP contribution >= 0.6 is 0 Å². The highest BCUT2D eigenvalue weighted by molar-refractivity contribution is 5.89. The van der Waals surface area contributed by atoms with E-state index in [2.05, 4.69) is 5.32 Å². The quantitative estimate of drug-likeness (QED) is 0.787. The topological polar surface area (TPSA) is 86.7 Å². The van der Waals surface area contributed by atoms with Crippen molar-refractivity contribution in [3.05, 3.63) is 0 Å². The second kappa shape index (κ2) is 5.31. The fourth-order valence-corrected chi connectivity index (χ4v) is 4.19. The summed E-state index contributed by atoms with van der Waals surface area (Å²) in [5.74, 6) is -0.871. The molecular weight excluding hydrogens is 272 g/mol. The average molecular weight is 294 g/mol. The summed E-state index contributed by atoms with van der Waals surface area (Å²) in [4.78, 5) is 37.5. The number of likely N-dealkylation sites (tertiary alicyclic amines) is 1. The molecule has 3 aliphatic rings. The number of amides is 2. The minimum Gasteiger partial charge on any atom is -0.481 e. The summed E-state index contributed by atoms with van der Waals surface area (Å²) in [7, 11) is 0. The van der Waals surface area contributed by atoms with Crippen LogP contribution in [-0.2, 0) is 14.4 Å². The summed E-state index contributed by atoms with van der Waals surface area (Å²) in [6.07, 6.45) is 5.28. The van der Waals surface area contributed by atoms with E-state index in [1.54, 1.807) is 4.90 Å². The van der Waals surface area contributed by atoms with Crippen LogP contribution in [0.25, 0.3) is 0 Å². The minimum absolute atomic E-state index is 0.0698. The Morgan fingerprint density at radius 2 is 2.05 bits per heavy atom. The van der Waals surface area contributed by atoms with E-state index in [0.29, 0.717) is 32.4 Å². The van der Waals surface area contributed by atoms with Gasteiger partial charge >= 0.3 is 5.97 Å². The molecule has 2 N–H and O–H groups in total. The zero-order valence-corrected chi connectivity index (χ0v) is 12.1. The molecule has 2 saturated heterocycles. The second-order valence-corrected chi connectivity index (χ2v) is 6.64. The van der Waals surface area contributed by atoms with Crippen LogP contribution in [0.3, 0.4) is 0 Å². The van der Waals surface area contributed by atoms with Gasteiger partial charge in [-0.2, -0.15) is 0 Å². The molecule has 21 heavy (non-hydrogen) atoms. The molecule has 3 rings (SSSR count). The molecule has 1 aliphatic carbocycles. The van der Waals surface area contributed by atoms with E-state index in [9.17, 15) is 19.5 Å². The predicted octanol–water partition coefficient (Wildman–Crippen LogP) is 0.758. The number of carbonyl (C=O) groups is 3. The van der Waals surface area contributed by atoms with Crippen LogP contribution in [0.1, 0.15) is 44.9 Å².